The lowest BCUT2D eigenvalue weighted by Gasteiger charge is -2.00. The molecule has 0 saturated carbocycles. The van der Waals surface area contributed by atoms with Crippen molar-refractivity contribution < 1.29 is 13.9 Å². The van der Waals surface area contributed by atoms with Gasteiger partial charge in [-0.3, -0.25) is 0 Å². The number of hydrogen-bond acceptors (Lipinski definition) is 2. The van der Waals surface area contributed by atoms with Gasteiger partial charge in [0.2, 0.25) is 0 Å². The minimum absolute atomic E-state index is 0.0312. The highest BCUT2D eigenvalue weighted by atomic mass is 32.2. The van der Waals surface area contributed by atoms with Gasteiger partial charge >= 0.3 is 0 Å². The van der Waals surface area contributed by atoms with Gasteiger partial charge < -0.3 is 9.66 Å². The van der Waals surface area contributed by atoms with Crippen molar-refractivity contribution in [2.45, 2.75) is 19.4 Å². The van der Waals surface area contributed by atoms with E-state index in [1.807, 2.05) is 0 Å². The fourth-order valence-electron chi connectivity index (χ4n) is 0.282. The molecule has 2 N–H and O–H groups in total. The van der Waals surface area contributed by atoms with Crippen LogP contribution in [0.1, 0.15) is 13.3 Å². The van der Waals surface area contributed by atoms with Crippen LogP contribution < -0.4 is 0 Å². The van der Waals surface area contributed by atoms with E-state index in [0.717, 1.165) is 0 Å². The number of aliphatic hydroxyl groups excluding tert-OH is 1. The van der Waals surface area contributed by atoms with E-state index in [-0.39, 0.29) is 5.75 Å². The predicted molar refractivity (Wildman–Crippen MR) is 31.9 cm³/mol. The molecular weight excluding hydrogens is 128 g/mol. The molecule has 0 radical (unpaired) electrons. The van der Waals surface area contributed by atoms with Crippen LogP contribution in [-0.4, -0.2) is 25.7 Å². The minimum atomic E-state index is -1.85. The molecule has 50 valence electrons. The van der Waals surface area contributed by atoms with Crippen LogP contribution >= 0.6 is 0 Å². The third-order valence-electron chi connectivity index (χ3n) is 0.806. The fraction of sp³-hybridized carbons (Fsp3) is 1.00. The Morgan fingerprint density at radius 1 is 1.75 bits per heavy atom. The van der Waals surface area contributed by atoms with E-state index < -0.39 is 17.2 Å². The van der Waals surface area contributed by atoms with Gasteiger partial charge in [0, 0.05) is 0 Å². The Morgan fingerprint density at radius 2 is 2.25 bits per heavy atom. The van der Waals surface area contributed by atoms with Gasteiger partial charge in [0.1, 0.15) is 0 Å². The van der Waals surface area contributed by atoms with Crippen molar-refractivity contribution in [3.05, 3.63) is 0 Å². The molecule has 2 atom stereocenters. The molecule has 0 aliphatic rings. The molecule has 2 unspecified atom stereocenters. The minimum Gasteiger partial charge on any atom is -0.392 e. The van der Waals surface area contributed by atoms with Crippen molar-refractivity contribution in [3.8, 4) is 0 Å². The van der Waals surface area contributed by atoms with Crippen molar-refractivity contribution in [1.82, 2.24) is 0 Å². The van der Waals surface area contributed by atoms with Crippen molar-refractivity contribution in [1.29, 1.82) is 0 Å². The SMILES string of the molecule is CCC(O)CS(=O)O. The number of aliphatic hydroxyl groups is 1. The second-order valence-corrected chi connectivity index (χ2v) is 2.53. The third-order valence-corrected chi connectivity index (χ3v) is 1.48. The van der Waals surface area contributed by atoms with Crippen LogP contribution in [0.3, 0.4) is 0 Å². The largest absolute Gasteiger partial charge is 0.392 e. The van der Waals surface area contributed by atoms with E-state index in [1.54, 1.807) is 6.92 Å². The first-order valence-electron chi connectivity index (χ1n) is 2.42. The molecule has 0 amide bonds. The molecule has 0 rings (SSSR count). The summed E-state index contributed by atoms with van der Waals surface area (Å²) in [4.78, 5) is 0. The molecule has 0 aromatic heterocycles. The number of hydrogen-bond donors (Lipinski definition) is 2. The van der Waals surface area contributed by atoms with Crippen molar-refractivity contribution in [2.24, 2.45) is 0 Å². The summed E-state index contributed by atoms with van der Waals surface area (Å²) in [5.74, 6) is -0.0312. The van der Waals surface area contributed by atoms with Gasteiger partial charge in [-0.15, -0.1) is 0 Å². The summed E-state index contributed by atoms with van der Waals surface area (Å²) in [6.07, 6.45) is -0.0902. The first-order valence-corrected chi connectivity index (χ1v) is 3.70. The maximum atomic E-state index is 9.92. The lowest BCUT2D eigenvalue weighted by Crippen LogP contribution is -2.14. The molecule has 4 heteroatoms. The Morgan fingerprint density at radius 3 is 2.38 bits per heavy atom. The van der Waals surface area contributed by atoms with E-state index >= 15 is 0 Å². The zero-order valence-corrected chi connectivity index (χ0v) is 5.52. The normalized spacial score (nSPS) is 17.9. The Balaban J connectivity index is 3.24. The maximum absolute atomic E-state index is 9.92. The molecule has 0 aliphatic carbocycles. The van der Waals surface area contributed by atoms with Crippen LogP contribution in [0.5, 0.6) is 0 Å². The van der Waals surface area contributed by atoms with Gasteiger partial charge in [0.15, 0.2) is 11.1 Å². The Hall–Kier alpha value is 0.0700. The van der Waals surface area contributed by atoms with E-state index in [9.17, 15) is 4.21 Å². The molecule has 0 saturated heterocycles. The molecule has 0 aromatic rings. The van der Waals surface area contributed by atoms with Gasteiger partial charge in [-0.2, -0.15) is 0 Å². The van der Waals surface area contributed by atoms with Crippen molar-refractivity contribution in [2.75, 3.05) is 5.75 Å². The first kappa shape index (κ1) is 8.07. The molecule has 0 bridgehead atoms. The van der Waals surface area contributed by atoms with E-state index in [2.05, 4.69) is 0 Å². The molecule has 0 spiro atoms. The van der Waals surface area contributed by atoms with E-state index in [4.69, 9.17) is 9.66 Å². The smallest absolute Gasteiger partial charge is 0.155 e. The number of rotatable bonds is 3. The Kier molecular flexibility index (Phi) is 4.03. The summed E-state index contributed by atoms with van der Waals surface area (Å²) in [5, 5.41) is 8.68. The molecule has 0 heterocycles. The van der Waals surface area contributed by atoms with Crippen LogP contribution in [-0.2, 0) is 11.1 Å². The zero-order chi connectivity index (χ0) is 6.57. The summed E-state index contributed by atoms with van der Waals surface area (Å²) >= 11 is -1.85. The van der Waals surface area contributed by atoms with Gasteiger partial charge in [-0.25, -0.2) is 4.21 Å². The summed E-state index contributed by atoms with van der Waals surface area (Å²) in [5.41, 5.74) is 0. The average molecular weight is 138 g/mol. The second kappa shape index (κ2) is 4.00. The Labute approximate surface area is 51.0 Å². The van der Waals surface area contributed by atoms with Crippen LogP contribution in [0.15, 0.2) is 0 Å². The highest BCUT2D eigenvalue weighted by Gasteiger charge is 2.02. The summed E-state index contributed by atoms with van der Waals surface area (Å²) in [7, 11) is 0. The molecular formula is C4H10O3S. The lowest BCUT2D eigenvalue weighted by atomic mass is 10.3. The fourth-order valence-corrected chi connectivity index (χ4v) is 0.847. The van der Waals surface area contributed by atoms with Gasteiger partial charge in [0.05, 0.1) is 11.9 Å². The molecule has 0 aliphatic heterocycles. The molecule has 0 aromatic carbocycles. The summed E-state index contributed by atoms with van der Waals surface area (Å²) in [6.45, 7) is 1.76. The van der Waals surface area contributed by atoms with Gasteiger partial charge in [-0.1, -0.05) is 6.92 Å². The van der Waals surface area contributed by atoms with Crippen molar-refractivity contribution in [3.63, 3.8) is 0 Å². The van der Waals surface area contributed by atoms with Crippen LogP contribution in [0.25, 0.3) is 0 Å². The van der Waals surface area contributed by atoms with Crippen molar-refractivity contribution >= 4 is 11.1 Å². The third kappa shape index (κ3) is 4.23. The van der Waals surface area contributed by atoms with Crippen LogP contribution in [0.2, 0.25) is 0 Å². The van der Waals surface area contributed by atoms with E-state index in [1.165, 1.54) is 0 Å². The standard InChI is InChI=1S/C4H10O3S/c1-2-4(5)3-8(6)7/h4-5H,2-3H2,1H3,(H,6,7). The molecule has 3 nitrogen and oxygen atoms in total. The van der Waals surface area contributed by atoms with Gasteiger partial charge in [0.25, 0.3) is 0 Å². The highest BCUT2D eigenvalue weighted by molar-refractivity contribution is 7.79. The van der Waals surface area contributed by atoms with Gasteiger partial charge in [-0.05, 0) is 6.42 Å². The Bertz CT molecular complexity index is 83.4. The monoisotopic (exact) mass is 138 g/mol. The summed E-state index contributed by atoms with van der Waals surface area (Å²) < 4.78 is 18.1. The molecule has 8 heavy (non-hydrogen) atoms. The maximum Gasteiger partial charge on any atom is 0.155 e. The predicted octanol–water partition coefficient (Wildman–Crippen LogP) is -0.0210. The average Bonchev–Trinajstić information content (AvgIpc) is 1.65. The highest BCUT2D eigenvalue weighted by Crippen LogP contribution is 1.90. The molecule has 0 fully saturated rings. The van der Waals surface area contributed by atoms with E-state index in [0.29, 0.717) is 6.42 Å². The zero-order valence-electron chi connectivity index (χ0n) is 4.70. The van der Waals surface area contributed by atoms with Crippen LogP contribution in [0, 0.1) is 0 Å². The van der Waals surface area contributed by atoms with Crippen LogP contribution in [0.4, 0.5) is 0 Å². The topological polar surface area (TPSA) is 57.5 Å². The second-order valence-electron chi connectivity index (χ2n) is 1.55. The summed E-state index contributed by atoms with van der Waals surface area (Å²) in [6, 6.07) is 0. The lowest BCUT2D eigenvalue weighted by molar-refractivity contribution is 0.192. The quantitative estimate of drug-likeness (QED) is 0.539. The first-order chi connectivity index (χ1) is 3.66.